The van der Waals surface area contributed by atoms with E-state index in [2.05, 4.69) is 35.7 Å². The molecule has 3 aromatic rings. The molecule has 5 nitrogen and oxygen atoms in total. The molecule has 2 heterocycles. The molecular formula is C25H26N2O3S. The zero-order valence-electron chi connectivity index (χ0n) is 17.5. The van der Waals surface area contributed by atoms with E-state index in [1.807, 2.05) is 6.07 Å². The van der Waals surface area contributed by atoms with Crippen molar-refractivity contribution in [2.45, 2.75) is 19.3 Å². The number of piperidine rings is 1. The minimum Gasteiger partial charge on any atom is -0.497 e. The number of nitrogens with two attached hydrogens (primary N) is 1. The van der Waals surface area contributed by atoms with Crippen molar-refractivity contribution in [1.82, 2.24) is 4.90 Å². The zero-order chi connectivity index (χ0) is 21.8. The molecule has 4 rings (SSSR count). The predicted octanol–water partition coefficient (Wildman–Crippen LogP) is 4.37. The molecule has 0 bridgehead atoms. The van der Waals surface area contributed by atoms with Crippen LogP contribution in [0.25, 0.3) is 10.4 Å². The van der Waals surface area contributed by atoms with Crippen LogP contribution in [0.1, 0.15) is 28.8 Å². The number of carbonyl (C=O) groups is 2. The van der Waals surface area contributed by atoms with Crippen molar-refractivity contribution >= 4 is 23.2 Å². The van der Waals surface area contributed by atoms with Gasteiger partial charge in [0.2, 0.25) is 5.91 Å². The van der Waals surface area contributed by atoms with Gasteiger partial charge in [-0.1, -0.05) is 36.4 Å². The highest BCUT2D eigenvalue weighted by atomic mass is 32.1. The molecule has 1 atom stereocenters. The van der Waals surface area contributed by atoms with Crippen molar-refractivity contribution < 1.29 is 14.3 Å². The molecule has 160 valence electrons. The minimum atomic E-state index is -0.767. The number of hydrogen-bond donors (Lipinski definition) is 1. The second kappa shape index (κ2) is 8.94. The fraction of sp³-hybridized carbons (Fsp3) is 0.280. The van der Waals surface area contributed by atoms with E-state index in [9.17, 15) is 9.59 Å². The summed E-state index contributed by atoms with van der Waals surface area (Å²) in [7, 11) is 1.58. The molecule has 0 spiro atoms. The van der Waals surface area contributed by atoms with Gasteiger partial charge in [0.1, 0.15) is 5.75 Å². The quantitative estimate of drug-likeness (QED) is 0.626. The normalized spacial score (nSPS) is 18.5. The van der Waals surface area contributed by atoms with Gasteiger partial charge >= 0.3 is 0 Å². The standard InChI is InChI=1S/C25H26N2O3S/c1-30-21-6-2-5-20(15-21)23(28)27-13-4-12-25(17-27,24(26)29)16-18-8-10-19(11-9-18)22-7-3-14-31-22/h2-3,5-11,14-15H,4,12-13,16-17H2,1H3,(H2,26,29)/t25-/m1/s1. The van der Waals surface area contributed by atoms with Crippen LogP contribution in [-0.2, 0) is 11.2 Å². The predicted molar refractivity (Wildman–Crippen MR) is 123 cm³/mol. The van der Waals surface area contributed by atoms with E-state index >= 15 is 0 Å². The van der Waals surface area contributed by atoms with Gasteiger partial charge in [0.05, 0.1) is 12.5 Å². The van der Waals surface area contributed by atoms with Gasteiger partial charge in [-0.15, -0.1) is 11.3 Å². The number of nitrogens with zero attached hydrogens (tertiary/aromatic N) is 1. The summed E-state index contributed by atoms with van der Waals surface area (Å²) < 4.78 is 5.24. The van der Waals surface area contributed by atoms with Crippen LogP contribution >= 0.6 is 11.3 Å². The number of hydrogen-bond acceptors (Lipinski definition) is 4. The van der Waals surface area contributed by atoms with Crippen LogP contribution in [0.4, 0.5) is 0 Å². The Morgan fingerprint density at radius 1 is 1.13 bits per heavy atom. The lowest BCUT2D eigenvalue weighted by Gasteiger charge is -2.41. The molecule has 31 heavy (non-hydrogen) atoms. The first kappa shape index (κ1) is 21.1. The number of carbonyl (C=O) groups excluding carboxylic acids is 2. The fourth-order valence-electron chi connectivity index (χ4n) is 4.30. The molecule has 1 aliphatic rings. The Labute approximate surface area is 186 Å². The van der Waals surface area contributed by atoms with Crippen molar-refractivity contribution in [3.05, 3.63) is 77.2 Å². The van der Waals surface area contributed by atoms with E-state index in [1.54, 1.807) is 47.6 Å². The van der Waals surface area contributed by atoms with Crippen LogP contribution in [0.5, 0.6) is 5.75 Å². The number of amides is 2. The van der Waals surface area contributed by atoms with Gasteiger partial charge in [0, 0.05) is 23.5 Å². The first-order chi connectivity index (χ1) is 15.0. The summed E-state index contributed by atoms with van der Waals surface area (Å²) in [5, 5.41) is 2.06. The van der Waals surface area contributed by atoms with Crippen LogP contribution in [-0.4, -0.2) is 36.9 Å². The van der Waals surface area contributed by atoms with E-state index in [0.717, 1.165) is 17.5 Å². The van der Waals surface area contributed by atoms with Gasteiger partial charge in [0.25, 0.3) is 5.91 Å². The SMILES string of the molecule is COc1cccc(C(=O)N2CCC[C@](Cc3ccc(-c4cccs4)cc3)(C(N)=O)C2)c1. The van der Waals surface area contributed by atoms with Crippen molar-refractivity contribution in [3.8, 4) is 16.2 Å². The summed E-state index contributed by atoms with van der Waals surface area (Å²) in [6, 6.07) is 19.5. The van der Waals surface area contributed by atoms with E-state index < -0.39 is 5.41 Å². The summed E-state index contributed by atoms with van der Waals surface area (Å²) in [6.45, 7) is 0.938. The molecule has 0 unspecified atom stereocenters. The van der Waals surface area contributed by atoms with E-state index in [0.29, 0.717) is 37.2 Å². The van der Waals surface area contributed by atoms with Crippen LogP contribution in [0.2, 0.25) is 0 Å². The Hall–Kier alpha value is -3.12. The third-order valence-electron chi connectivity index (χ3n) is 6.01. The summed E-state index contributed by atoms with van der Waals surface area (Å²) in [5.74, 6) is 0.185. The summed E-state index contributed by atoms with van der Waals surface area (Å²) in [6.07, 6.45) is 1.94. The maximum absolute atomic E-state index is 13.1. The molecule has 6 heteroatoms. The number of rotatable bonds is 6. The van der Waals surface area contributed by atoms with E-state index in [4.69, 9.17) is 10.5 Å². The van der Waals surface area contributed by atoms with Crippen molar-refractivity contribution in [1.29, 1.82) is 0 Å². The molecule has 1 aliphatic heterocycles. The highest BCUT2D eigenvalue weighted by molar-refractivity contribution is 7.13. The number of primary amides is 1. The van der Waals surface area contributed by atoms with Gasteiger partial charge in [-0.05, 0) is 60.0 Å². The Bertz CT molecular complexity index is 1060. The lowest BCUT2D eigenvalue weighted by Crippen LogP contribution is -2.53. The van der Waals surface area contributed by atoms with Crippen LogP contribution in [0.15, 0.2) is 66.0 Å². The summed E-state index contributed by atoms with van der Waals surface area (Å²) >= 11 is 1.70. The highest BCUT2D eigenvalue weighted by Crippen LogP contribution is 2.35. The number of methoxy groups -OCH3 is 1. The Balaban J connectivity index is 1.54. The Morgan fingerprint density at radius 3 is 2.61 bits per heavy atom. The number of ether oxygens (including phenoxy) is 1. The molecule has 2 N–H and O–H groups in total. The average molecular weight is 435 g/mol. The molecule has 2 amide bonds. The molecular weight excluding hydrogens is 408 g/mol. The van der Waals surface area contributed by atoms with Crippen molar-refractivity contribution in [2.75, 3.05) is 20.2 Å². The Kier molecular flexibility index (Phi) is 6.09. The molecule has 0 saturated carbocycles. The van der Waals surface area contributed by atoms with Crippen LogP contribution in [0, 0.1) is 5.41 Å². The van der Waals surface area contributed by atoms with Gasteiger partial charge < -0.3 is 15.4 Å². The molecule has 1 aromatic heterocycles. The average Bonchev–Trinajstić information content (AvgIpc) is 3.34. The molecule has 0 radical (unpaired) electrons. The Morgan fingerprint density at radius 2 is 1.94 bits per heavy atom. The maximum atomic E-state index is 13.1. The smallest absolute Gasteiger partial charge is 0.254 e. The topological polar surface area (TPSA) is 72.6 Å². The number of thiophene rings is 1. The minimum absolute atomic E-state index is 0.0998. The summed E-state index contributed by atoms with van der Waals surface area (Å²) in [4.78, 5) is 28.7. The zero-order valence-corrected chi connectivity index (χ0v) is 18.4. The van der Waals surface area contributed by atoms with E-state index in [1.165, 1.54) is 4.88 Å². The molecule has 1 saturated heterocycles. The van der Waals surface area contributed by atoms with Gasteiger partial charge in [-0.3, -0.25) is 9.59 Å². The highest BCUT2D eigenvalue weighted by Gasteiger charge is 2.42. The third kappa shape index (κ3) is 4.49. The van der Waals surface area contributed by atoms with Gasteiger partial charge in [-0.25, -0.2) is 0 Å². The number of likely N-dealkylation sites (tertiary alicyclic amines) is 1. The third-order valence-corrected chi connectivity index (χ3v) is 6.92. The molecule has 1 fully saturated rings. The largest absolute Gasteiger partial charge is 0.497 e. The second-order valence-corrected chi connectivity index (χ2v) is 9.01. The first-order valence-electron chi connectivity index (χ1n) is 10.4. The number of benzene rings is 2. The first-order valence-corrected chi connectivity index (χ1v) is 11.2. The lowest BCUT2D eigenvalue weighted by atomic mass is 9.74. The van der Waals surface area contributed by atoms with Gasteiger partial charge in [0.15, 0.2) is 0 Å². The van der Waals surface area contributed by atoms with Crippen LogP contribution < -0.4 is 10.5 Å². The van der Waals surface area contributed by atoms with Crippen LogP contribution in [0.3, 0.4) is 0 Å². The van der Waals surface area contributed by atoms with Crippen molar-refractivity contribution in [3.63, 3.8) is 0 Å². The lowest BCUT2D eigenvalue weighted by molar-refractivity contribution is -0.130. The maximum Gasteiger partial charge on any atom is 0.254 e. The van der Waals surface area contributed by atoms with E-state index in [-0.39, 0.29) is 11.8 Å². The second-order valence-electron chi connectivity index (χ2n) is 8.06. The monoisotopic (exact) mass is 434 g/mol. The van der Waals surface area contributed by atoms with Gasteiger partial charge in [-0.2, -0.15) is 0 Å². The van der Waals surface area contributed by atoms with Crippen molar-refractivity contribution in [2.24, 2.45) is 11.1 Å². The fourth-order valence-corrected chi connectivity index (χ4v) is 5.03. The summed E-state index contributed by atoms with van der Waals surface area (Å²) in [5.41, 5.74) is 7.91. The molecule has 0 aliphatic carbocycles. The molecule has 2 aromatic carbocycles.